The molecule has 1 rings (SSSR count). The molecule has 16 heavy (non-hydrogen) atoms. The Morgan fingerprint density at radius 3 is 2.56 bits per heavy atom. The second-order valence-electron chi connectivity index (χ2n) is 3.01. The van der Waals surface area contributed by atoms with Crippen LogP contribution in [0, 0.1) is 5.41 Å². The van der Waals surface area contributed by atoms with E-state index in [2.05, 4.69) is 0 Å². The van der Waals surface area contributed by atoms with E-state index in [9.17, 15) is 10.2 Å². The van der Waals surface area contributed by atoms with E-state index in [1.165, 1.54) is 12.1 Å². The van der Waals surface area contributed by atoms with Gasteiger partial charge in [-0.3, -0.25) is 0 Å². The van der Waals surface area contributed by atoms with E-state index in [0.717, 1.165) is 12.4 Å². The Bertz CT molecular complexity index is 447. The molecule has 0 bridgehead atoms. The molecule has 1 aromatic carbocycles. The third kappa shape index (κ3) is 2.29. The van der Waals surface area contributed by atoms with Crippen molar-refractivity contribution in [2.45, 2.75) is 6.10 Å². The summed E-state index contributed by atoms with van der Waals surface area (Å²) in [6.45, 7) is 0. The summed E-state index contributed by atoms with van der Waals surface area (Å²) in [4.78, 5) is 0. The average Bonchev–Trinajstić information content (AvgIpc) is 2.26. The molecule has 0 radical (unpaired) electrons. The second kappa shape index (κ2) is 5.21. The van der Waals surface area contributed by atoms with Gasteiger partial charge in [-0.25, -0.2) is 0 Å². The molecule has 1 atom stereocenters. The monoisotopic (exact) mass is 260 g/mol. The predicted octanol–water partition coefficient (Wildman–Crippen LogP) is 2.22. The number of nitrogens with one attached hydrogen (secondary N) is 1. The number of aromatic hydroxyl groups is 1. The van der Waals surface area contributed by atoms with Crippen LogP contribution in [0.5, 0.6) is 5.75 Å². The topological polar surface area (TPSA) is 90.3 Å². The lowest BCUT2D eigenvalue weighted by Gasteiger charge is -2.15. The quantitative estimate of drug-likeness (QED) is 0.629. The van der Waals surface area contributed by atoms with E-state index in [-0.39, 0.29) is 26.9 Å². The van der Waals surface area contributed by atoms with Crippen LogP contribution >= 0.6 is 23.2 Å². The van der Waals surface area contributed by atoms with Crippen LogP contribution in [0.4, 0.5) is 0 Å². The van der Waals surface area contributed by atoms with Crippen LogP contribution < -0.4 is 5.73 Å². The smallest absolute Gasteiger partial charge is 0.123 e. The molecule has 0 heterocycles. The van der Waals surface area contributed by atoms with Crippen molar-refractivity contribution in [1.82, 2.24) is 0 Å². The van der Waals surface area contributed by atoms with E-state index < -0.39 is 6.10 Å². The Hall–Kier alpha value is -1.23. The van der Waals surface area contributed by atoms with Crippen molar-refractivity contribution in [3.63, 3.8) is 0 Å². The summed E-state index contributed by atoms with van der Waals surface area (Å²) in [5.74, 6) is -0.205. The number of rotatable bonds is 3. The van der Waals surface area contributed by atoms with Gasteiger partial charge in [-0.1, -0.05) is 23.2 Å². The number of hydrogen-bond donors (Lipinski definition) is 4. The fraction of sp³-hybridized carbons (Fsp3) is 0.100. The molecule has 1 aromatic rings. The first-order valence-corrected chi connectivity index (χ1v) is 5.05. The molecule has 0 fully saturated rings. The summed E-state index contributed by atoms with van der Waals surface area (Å²) in [5, 5.41) is 26.7. The van der Waals surface area contributed by atoms with Crippen molar-refractivity contribution < 1.29 is 10.2 Å². The van der Waals surface area contributed by atoms with Gasteiger partial charge in [-0.2, -0.15) is 0 Å². The number of phenols is 1. The van der Waals surface area contributed by atoms with Crippen LogP contribution in [0.15, 0.2) is 23.9 Å². The first-order chi connectivity index (χ1) is 7.52. The van der Waals surface area contributed by atoms with Crippen LogP contribution in [0.25, 0.3) is 0 Å². The molecule has 6 heteroatoms. The van der Waals surface area contributed by atoms with Gasteiger partial charge in [0.05, 0.1) is 10.0 Å². The van der Waals surface area contributed by atoms with E-state index in [0.29, 0.717) is 0 Å². The van der Waals surface area contributed by atoms with Gasteiger partial charge in [0, 0.05) is 23.6 Å². The minimum absolute atomic E-state index is 0.0365. The van der Waals surface area contributed by atoms with Gasteiger partial charge in [-0.15, -0.1) is 0 Å². The summed E-state index contributed by atoms with van der Waals surface area (Å²) in [5.41, 5.74) is 5.38. The van der Waals surface area contributed by atoms with Crippen LogP contribution in [0.2, 0.25) is 10.0 Å². The number of phenolic OH excluding ortho intramolecular Hbond substituents is 1. The SMILES string of the molecule is N=CC(=CN)C(O)c1c(O)ccc(Cl)c1Cl. The van der Waals surface area contributed by atoms with Crippen LogP contribution in [0.3, 0.4) is 0 Å². The van der Waals surface area contributed by atoms with Gasteiger partial charge in [0.25, 0.3) is 0 Å². The molecule has 0 amide bonds. The Morgan fingerprint density at radius 2 is 2.06 bits per heavy atom. The van der Waals surface area contributed by atoms with Crippen molar-refractivity contribution >= 4 is 29.4 Å². The highest BCUT2D eigenvalue weighted by molar-refractivity contribution is 6.42. The highest BCUT2D eigenvalue weighted by Crippen LogP contribution is 2.38. The molecule has 0 saturated carbocycles. The number of halogens is 2. The zero-order valence-corrected chi connectivity index (χ0v) is 9.63. The maximum atomic E-state index is 9.86. The molecule has 0 aromatic heterocycles. The normalized spacial score (nSPS) is 13.6. The van der Waals surface area contributed by atoms with Crippen LogP contribution in [-0.2, 0) is 0 Å². The number of benzene rings is 1. The fourth-order valence-electron chi connectivity index (χ4n) is 1.20. The highest BCUT2D eigenvalue weighted by Gasteiger charge is 2.20. The molecule has 86 valence electrons. The van der Waals surface area contributed by atoms with Crippen LogP contribution in [0.1, 0.15) is 11.7 Å². The largest absolute Gasteiger partial charge is 0.508 e. The third-order valence-electron chi connectivity index (χ3n) is 2.06. The zero-order valence-electron chi connectivity index (χ0n) is 8.11. The average molecular weight is 261 g/mol. The number of aliphatic hydroxyl groups is 1. The summed E-state index contributed by atoms with van der Waals surface area (Å²) in [6, 6.07) is 2.72. The molecule has 1 unspecified atom stereocenters. The molecule has 5 N–H and O–H groups in total. The maximum Gasteiger partial charge on any atom is 0.123 e. The minimum Gasteiger partial charge on any atom is -0.508 e. The summed E-state index contributed by atoms with van der Waals surface area (Å²) < 4.78 is 0. The van der Waals surface area contributed by atoms with Gasteiger partial charge in [-0.05, 0) is 12.1 Å². The van der Waals surface area contributed by atoms with Gasteiger partial charge in [0.2, 0.25) is 0 Å². The zero-order chi connectivity index (χ0) is 12.3. The summed E-state index contributed by atoms with van der Waals surface area (Å²) >= 11 is 11.6. The van der Waals surface area contributed by atoms with Crippen molar-refractivity contribution in [2.75, 3.05) is 0 Å². The third-order valence-corrected chi connectivity index (χ3v) is 2.88. The fourth-order valence-corrected chi connectivity index (χ4v) is 1.63. The van der Waals surface area contributed by atoms with E-state index in [4.69, 9.17) is 34.3 Å². The van der Waals surface area contributed by atoms with Crippen molar-refractivity contribution in [2.24, 2.45) is 5.73 Å². The lowest BCUT2D eigenvalue weighted by Crippen LogP contribution is -2.06. The predicted molar refractivity (Wildman–Crippen MR) is 64.1 cm³/mol. The number of hydrogen-bond acceptors (Lipinski definition) is 4. The summed E-state index contributed by atoms with van der Waals surface area (Å²) in [6.07, 6.45) is 0.657. The second-order valence-corrected chi connectivity index (χ2v) is 3.79. The molecule has 0 aliphatic heterocycles. The molecular weight excluding hydrogens is 251 g/mol. The van der Waals surface area contributed by atoms with Crippen molar-refractivity contribution in [3.05, 3.63) is 39.5 Å². The van der Waals surface area contributed by atoms with Gasteiger partial charge >= 0.3 is 0 Å². The highest BCUT2D eigenvalue weighted by atomic mass is 35.5. The van der Waals surface area contributed by atoms with E-state index in [1.54, 1.807) is 0 Å². The molecule has 4 nitrogen and oxygen atoms in total. The molecular formula is C10H10Cl2N2O2. The number of aliphatic hydroxyl groups excluding tert-OH is 1. The minimum atomic E-state index is -1.28. The Kier molecular flexibility index (Phi) is 4.18. The molecule has 0 aliphatic rings. The Morgan fingerprint density at radius 1 is 1.44 bits per heavy atom. The van der Waals surface area contributed by atoms with Crippen molar-refractivity contribution in [3.8, 4) is 5.75 Å². The van der Waals surface area contributed by atoms with E-state index in [1.807, 2.05) is 0 Å². The maximum absolute atomic E-state index is 9.86. The van der Waals surface area contributed by atoms with Crippen LogP contribution in [-0.4, -0.2) is 16.4 Å². The Labute approximate surface area is 102 Å². The Balaban J connectivity index is 3.32. The summed E-state index contributed by atoms with van der Waals surface area (Å²) in [7, 11) is 0. The molecule has 0 aliphatic carbocycles. The first-order valence-electron chi connectivity index (χ1n) is 4.30. The van der Waals surface area contributed by atoms with E-state index >= 15 is 0 Å². The number of nitrogens with two attached hydrogens (primary N) is 1. The first kappa shape index (κ1) is 12.8. The van der Waals surface area contributed by atoms with Gasteiger partial charge in [0.15, 0.2) is 0 Å². The molecule has 0 spiro atoms. The van der Waals surface area contributed by atoms with Crippen molar-refractivity contribution in [1.29, 1.82) is 5.41 Å². The lowest BCUT2D eigenvalue weighted by molar-refractivity contribution is 0.217. The molecule has 0 saturated heterocycles. The standard InChI is InChI=1S/C10H10Cl2N2O2/c11-6-1-2-7(15)8(9(6)12)10(16)5(3-13)4-14/h1-4,10,13,15-16H,14H2. The van der Waals surface area contributed by atoms with Gasteiger partial charge < -0.3 is 21.4 Å². The lowest BCUT2D eigenvalue weighted by atomic mass is 10.0. The van der Waals surface area contributed by atoms with Gasteiger partial charge in [0.1, 0.15) is 11.9 Å².